The van der Waals surface area contributed by atoms with Crippen molar-refractivity contribution in [3.63, 3.8) is 0 Å². The molecule has 0 fully saturated rings. The maximum Gasteiger partial charge on any atom is 0.222 e. The van der Waals surface area contributed by atoms with Crippen molar-refractivity contribution < 1.29 is 4.79 Å². The van der Waals surface area contributed by atoms with E-state index in [1.54, 1.807) is 0 Å². The lowest BCUT2D eigenvalue weighted by atomic mass is 10.1. The van der Waals surface area contributed by atoms with Crippen LogP contribution in [0.3, 0.4) is 0 Å². The summed E-state index contributed by atoms with van der Waals surface area (Å²) < 4.78 is 0. The molecule has 2 nitrogen and oxygen atoms in total. The Labute approximate surface area is 69.4 Å². The van der Waals surface area contributed by atoms with Crippen LogP contribution in [0.2, 0.25) is 0 Å². The minimum absolute atomic E-state index is 0.0937. The molecule has 0 aliphatic heterocycles. The van der Waals surface area contributed by atoms with Gasteiger partial charge in [0.05, 0.1) is 0 Å². The van der Waals surface area contributed by atoms with Gasteiger partial charge in [-0.15, -0.1) is 0 Å². The van der Waals surface area contributed by atoms with Crippen LogP contribution in [-0.4, -0.2) is 11.9 Å². The highest BCUT2D eigenvalue weighted by Gasteiger charge is 2.12. The van der Waals surface area contributed by atoms with E-state index in [1.807, 2.05) is 20.8 Å². The first-order valence-electron chi connectivity index (χ1n) is 4.25. The summed E-state index contributed by atoms with van der Waals surface area (Å²) in [5, 5.41) is 2.94. The average molecular weight is 157 g/mol. The second-order valence-electron chi connectivity index (χ2n) is 3.70. The fourth-order valence-corrected chi connectivity index (χ4v) is 0.558. The predicted octanol–water partition coefficient (Wildman–Crippen LogP) is 1.80. The first-order chi connectivity index (χ1) is 4.95. The van der Waals surface area contributed by atoms with Crippen LogP contribution in [0.15, 0.2) is 0 Å². The summed E-state index contributed by atoms with van der Waals surface area (Å²) in [7, 11) is 0. The topological polar surface area (TPSA) is 29.1 Å². The molecule has 0 aliphatic carbocycles. The van der Waals surface area contributed by atoms with Gasteiger partial charge in [-0.2, -0.15) is 0 Å². The Morgan fingerprint density at radius 1 is 1.09 bits per heavy atom. The smallest absolute Gasteiger partial charge is 0.222 e. The van der Waals surface area contributed by atoms with Gasteiger partial charge >= 0.3 is 0 Å². The standard InChI is InChI=1S/C9H19NO/c1-6(2)8(5)10-9(11)7(3)4/h6-8H,1-5H3,(H,10,11)/t8-/m1/s1. The second-order valence-corrected chi connectivity index (χ2v) is 3.70. The van der Waals surface area contributed by atoms with Gasteiger partial charge in [0.25, 0.3) is 0 Å². The maximum atomic E-state index is 11.1. The summed E-state index contributed by atoms with van der Waals surface area (Å²) in [6.45, 7) is 10.0. The Bertz CT molecular complexity index is 130. The lowest BCUT2D eigenvalue weighted by Gasteiger charge is -2.18. The van der Waals surface area contributed by atoms with Crippen molar-refractivity contribution in [2.45, 2.75) is 40.7 Å². The zero-order valence-corrected chi connectivity index (χ0v) is 8.14. The van der Waals surface area contributed by atoms with Gasteiger partial charge in [-0.25, -0.2) is 0 Å². The Kier molecular flexibility index (Phi) is 4.16. The molecule has 1 atom stereocenters. The minimum atomic E-state index is 0.0937. The molecular formula is C9H19NO. The molecular weight excluding hydrogens is 138 g/mol. The third-order valence-electron chi connectivity index (χ3n) is 1.89. The fourth-order valence-electron chi connectivity index (χ4n) is 0.558. The lowest BCUT2D eigenvalue weighted by molar-refractivity contribution is -0.124. The Hall–Kier alpha value is -0.530. The molecule has 0 spiro atoms. The van der Waals surface area contributed by atoms with Gasteiger partial charge in [-0.3, -0.25) is 4.79 Å². The summed E-state index contributed by atoms with van der Waals surface area (Å²) in [5.41, 5.74) is 0. The predicted molar refractivity (Wildman–Crippen MR) is 47.3 cm³/mol. The van der Waals surface area contributed by atoms with E-state index in [1.165, 1.54) is 0 Å². The summed E-state index contributed by atoms with van der Waals surface area (Å²) in [5.74, 6) is 0.750. The first kappa shape index (κ1) is 10.5. The van der Waals surface area contributed by atoms with Crippen molar-refractivity contribution in [3.8, 4) is 0 Å². The lowest BCUT2D eigenvalue weighted by Crippen LogP contribution is -2.38. The zero-order valence-electron chi connectivity index (χ0n) is 8.14. The number of carbonyl (C=O) groups excluding carboxylic acids is 1. The quantitative estimate of drug-likeness (QED) is 0.665. The second kappa shape index (κ2) is 4.37. The van der Waals surface area contributed by atoms with E-state index in [-0.39, 0.29) is 17.9 Å². The van der Waals surface area contributed by atoms with Crippen LogP contribution in [0.5, 0.6) is 0 Å². The molecule has 0 saturated carbocycles. The fraction of sp³-hybridized carbons (Fsp3) is 0.889. The van der Waals surface area contributed by atoms with Crippen molar-refractivity contribution >= 4 is 5.91 Å². The molecule has 0 rings (SSSR count). The zero-order chi connectivity index (χ0) is 9.02. The van der Waals surface area contributed by atoms with Crippen LogP contribution in [0.1, 0.15) is 34.6 Å². The summed E-state index contributed by atoms with van der Waals surface area (Å²) >= 11 is 0. The van der Waals surface area contributed by atoms with Gasteiger partial charge in [-0.05, 0) is 12.8 Å². The molecule has 0 aromatic carbocycles. The Morgan fingerprint density at radius 2 is 1.55 bits per heavy atom. The van der Waals surface area contributed by atoms with Gasteiger partial charge < -0.3 is 5.32 Å². The monoisotopic (exact) mass is 157 g/mol. The molecule has 1 N–H and O–H groups in total. The van der Waals surface area contributed by atoms with Gasteiger partial charge in [0, 0.05) is 12.0 Å². The molecule has 0 radical (unpaired) electrons. The number of nitrogens with one attached hydrogen (secondary N) is 1. The third kappa shape index (κ3) is 4.02. The van der Waals surface area contributed by atoms with E-state index in [0.717, 1.165) is 0 Å². The molecule has 66 valence electrons. The van der Waals surface area contributed by atoms with Crippen LogP contribution in [0.4, 0.5) is 0 Å². The molecule has 0 aromatic heterocycles. The molecule has 2 heteroatoms. The van der Waals surface area contributed by atoms with Crippen molar-refractivity contribution in [2.24, 2.45) is 11.8 Å². The van der Waals surface area contributed by atoms with E-state index in [9.17, 15) is 4.79 Å². The largest absolute Gasteiger partial charge is 0.353 e. The number of rotatable bonds is 3. The molecule has 0 saturated heterocycles. The van der Waals surface area contributed by atoms with E-state index < -0.39 is 0 Å². The van der Waals surface area contributed by atoms with Crippen molar-refractivity contribution in [1.82, 2.24) is 5.32 Å². The van der Waals surface area contributed by atoms with Crippen molar-refractivity contribution in [2.75, 3.05) is 0 Å². The molecule has 0 bridgehead atoms. The summed E-state index contributed by atoms with van der Waals surface area (Å²) in [4.78, 5) is 11.1. The van der Waals surface area contributed by atoms with Gasteiger partial charge in [0.1, 0.15) is 0 Å². The molecule has 1 amide bonds. The normalized spacial score (nSPS) is 13.7. The summed E-state index contributed by atoms with van der Waals surface area (Å²) in [6.07, 6.45) is 0. The van der Waals surface area contributed by atoms with Gasteiger partial charge in [-0.1, -0.05) is 27.7 Å². The van der Waals surface area contributed by atoms with Crippen LogP contribution in [0.25, 0.3) is 0 Å². The van der Waals surface area contributed by atoms with Gasteiger partial charge in [0.2, 0.25) is 5.91 Å². The minimum Gasteiger partial charge on any atom is -0.353 e. The van der Waals surface area contributed by atoms with Crippen molar-refractivity contribution in [1.29, 1.82) is 0 Å². The number of carbonyl (C=O) groups is 1. The number of amides is 1. The highest BCUT2D eigenvalue weighted by atomic mass is 16.1. The number of hydrogen-bond donors (Lipinski definition) is 1. The van der Waals surface area contributed by atoms with E-state index in [0.29, 0.717) is 5.92 Å². The highest BCUT2D eigenvalue weighted by Crippen LogP contribution is 2.01. The first-order valence-corrected chi connectivity index (χ1v) is 4.25. The Balaban J connectivity index is 3.76. The van der Waals surface area contributed by atoms with Crippen molar-refractivity contribution in [3.05, 3.63) is 0 Å². The van der Waals surface area contributed by atoms with Crippen LogP contribution in [-0.2, 0) is 4.79 Å². The van der Waals surface area contributed by atoms with Crippen LogP contribution >= 0.6 is 0 Å². The molecule has 0 heterocycles. The van der Waals surface area contributed by atoms with Crippen LogP contribution in [0, 0.1) is 11.8 Å². The Morgan fingerprint density at radius 3 is 1.82 bits per heavy atom. The molecule has 0 unspecified atom stereocenters. The molecule has 0 aliphatic rings. The molecule has 0 aromatic rings. The van der Waals surface area contributed by atoms with E-state index in [2.05, 4.69) is 19.2 Å². The number of hydrogen-bond acceptors (Lipinski definition) is 1. The van der Waals surface area contributed by atoms with Gasteiger partial charge in [0.15, 0.2) is 0 Å². The SMILES string of the molecule is CC(C)C(=O)N[C@H](C)C(C)C. The van der Waals surface area contributed by atoms with E-state index >= 15 is 0 Å². The molecule has 11 heavy (non-hydrogen) atoms. The van der Waals surface area contributed by atoms with Crippen LogP contribution < -0.4 is 5.32 Å². The maximum absolute atomic E-state index is 11.1. The summed E-state index contributed by atoms with van der Waals surface area (Å²) in [6, 6.07) is 0.282. The third-order valence-corrected chi connectivity index (χ3v) is 1.89. The van der Waals surface area contributed by atoms with E-state index in [4.69, 9.17) is 0 Å². The highest BCUT2D eigenvalue weighted by molar-refractivity contribution is 5.78. The average Bonchev–Trinajstić information content (AvgIpc) is 1.87.